The Labute approximate surface area is 107 Å². The van der Waals surface area contributed by atoms with Gasteiger partial charge in [0.2, 0.25) is 5.91 Å². The van der Waals surface area contributed by atoms with Gasteiger partial charge in [0, 0.05) is 6.54 Å². The number of nitrogens with two attached hydrogens (primary N) is 1. The van der Waals surface area contributed by atoms with Gasteiger partial charge in [-0.2, -0.15) is 0 Å². The van der Waals surface area contributed by atoms with Crippen LogP contribution in [0, 0.1) is 5.92 Å². The van der Waals surface area contributed by atoms with E-state index in [1.54, 1.807) is 0 Å². The van der Waals surface area contributed by atoms with Crippen molar-refractivity contribution in [2.75, 3.05) is 6.54 Å². The molecule has 0 radical (unpaired) electrons. The summed E-state index contributed by atoms with van der Waals surface area (Å²) in [6.45, 7) is 0.538. The highest BCUT2D eigenvalue weighted by atomic mass is 16.3. The average molecular weight is 254 g/mol. The van der Waals surface area contributed by atoms with E-state index < -0.39 is 18.1 Å². The van der Waals surface area contributed by atoms with E-state index in [-0.39, 0.29) is 11.8 Å². The first-order valence-corrected chi connectivity index (χ1v) is 6.89. The van der Waals surface area contributed by atoms with Crippen molar-refractivity contribution < 1.29 is 14.7 Å². The fourth-order valence-corrected chi connectivity index (χ4v) is 3.15. The summed E-state index contributed by atoms with van der Waals surface area (Å²) in [6, 6.07) is -0.518. The number of carbonyl (C=O) groups is 2. The van der Waals surface area contributed by atoms with Gasteiger partial charge < -0.3 is 15.7 Å². The molecule has 0 aromatic carbocycles. The lowest BCUT2D eigenvalue weighted by Crippen LogP contribution is -2.49. The minimum absolute atomic E-state index is 0.0559. The van der Waals surface area contributed by atoms with Gasteiger partial charge in [-0.25, -0.2) is 0 Å². The van der Waals surface area contributed by atoms with E-state index in [0.29, 0.717) is 13.0 Å². The van der Waals surface area contributed by atoms with Crippen molar-refractivity contribution in [3.63, 3.8) is 0 Å². The average Bonchev–Trinajstić information content (AvgIpc) is 2.87. The summed E-state index contributed by atoms with van der Waals surface area (Å²) in [4.78, 5) is 25.0. The number of rotatable bonds is 3. The number of primary amides is 1. The molecule has 2 fully saturated rings. The second kappa shape index (κ2) is 5.69. The fourth-order valence-electron chi connectivity index (χ4n) is 3.15. The van der Waals surface area contributed by atoms with E-state index in [9.17, 15) is 14.7 Å². The molecule has 2 amide bonds. The predicted molar refractivity (Wildman–Crippen MR) is 66.5 cm³/mol. The van der Waals surface area contributed by atoms with Crippen LogP contribution in [0.4, 0.5) is 0 Å². The monoisotopic (exact) mass is 254 g/mol. The van der Waals surface area contributed by atoms with Gasteiger partial charge in [0.05, 0.1) is 0 Å². The molecule has 0 aromatic rings. The Balaban J connectivity index is 1.99. The van der Waals surface area contributed by atoms with E-state index in [4.69, 9.17) is 5.73 Å². The maximum absolute atomic E-state index is 12.2. The summed E-state index contributed by atoms with van der Waals surface area (Å²) in [7, 11) is 0. The van der Waals surface area contributed by atoms with Crippen LogP contribution in [0.3, 0.4) is 0 Å². The molecule has 1 heterocycles. The number of likely N-dealkylation sites (tertiary alicyclic amines) is 1. The number of aliphatic hydroxyl groups excluding tert-OH is 1. The highest BCUT2D eigenvalue weighted by Gasteiger charge is 2.38. The number of amides is 2. The van der Waals surface area contributed by atoms with Crippen molar-refractivity contribution in [2.24, 2.45) is 11.7 Å². The Kier molecular flexibility index (Phi) is 4.22. The number of nitrogens with zero attached hydrogens (tertiary/aromatic N) is 1. The van der Waals surface area contributed by atoms with Crippen LogP contribution in [0.5, 0.6) is 0 Å². The van der Waals surface area contributed by atoms with Crippen molar-refractivity contribution in [3.05, 3.63) is 0 Å². The fraction of sp³-hybridized carbons (Fsp3) is 0.846. The Bertz CT molecular complexity index is 326. The van der Waals surface area contributed by atoms with Crippen molar-refractivity contribution in [2.45, 2.75) is 57.1 Å². The van der Waals surface area contributed by atoms with Crippen LogP contribution in [-0.4, -0.2) is 40.5 Å². The molecular weight excluding hydrogens is 232 g/mol. The first-order valence-electron chi connectivity index (χ1n) is 6.89. The van der Waals surface area contributed by atoms with Gasteiger partial charge in [-0.1, -0.05) is 19.3 Å². The Hall–Kier alpha value is -1.10. The first-order chi connectivity index (χ1) is 8.61. The van der Waals surface area contributed by atoms with Gasteiger partial charge in [-0.15, -0.1) is 0 Å². The Morgan fingerprint density at radius 2 is 1.78 bits per heavy atom. The number of hydrogen-bond acceptors (Lipinski definition) is 3. The second-order valence-corrected chi connectivity index (χ2v) is 5.43. The van der Waals surface area contributed by atoms with Gasteiger partial charge in [-0.3, -0.25) is 9.59 Å². The molecule has 5 heteroatoms. The van der Waals surface area contributed by atoms with Crippen LogP contribution in [-0.2, 0) is 9.59 Å². The van der Waals surface area contributed by atoms with Crippen LogP contribution in [0.2, 0.25) is 0 Å². The van der Waals surface area contributed by atoms with Gasteiger partial charge in [0.25, 0.3) is 5.91 Å². The molecule has 2 rings (SSSR count). The summed E-state index contributed by atoms with van der Waals surface area (Å²) in [5.41, 5.74) is 5.29. The van der Waals surface area contributed by atoms with Crippen LogP contribution >= 0.6 is 0 Å². The van der Waals surface area contributed by atoms with Crippen molar-refractivity contribution in [3.8, 4) is 0 Å². The zero-order valence-electron chi connectivity index (χ0n) is 10.7. The summed E-state index contributed by atoms with van der Waals surface area (Å²) < 4.78 is 0. The third-order valence-corrected chi connectivity index (χ3v) is 4.21. The lowest BCUT2D eigenvalue weighted by Gasteiger charge is -2.30. The van der Waals surface area contributed by atoms with E-state index in [2.05, 4.69) is 0 Å². The molecule has 5 nitrogen and oxygen atoms in total. The zero-order valence-corrected chi connectivity index (χ0v) is 10.7. The molecule has 0 unspecified atom stereocenters. The second-order valence-electron chi connectivity index (χ2n) is 5.43. The molecule has 1 saturated carbocycles. The summed E-state index contributed by atoms with van der Waals surface area (Å²) >= 11 is 0. The lowest BCUT2D eigenvalue weighted by molar-refractivity contribution is -0.147. The molecule has 2 atom stereocenters. The molecule has 1 aliphatic carbocycles. The highest BCUT2D eigenvalue weighted by molar-refractivity contribution is 5.89. The van der Waals surface area contributed by atoms with E-state index in [0.717, 1.165) is 32.1 Å². The molecule has 18 heavy (non-hydrogen) atoms. The molecule has 0 bridgehead atoms. The molecule has 2 aliphatic rings. The SMILES string of the molecule is NC(=O)[C@@H]1CCCN1C(=O)[C@@H](O)C1CCCCC1. The normalized spacial score (nSPS) is 27.2. The lowest BCUT2D eigenvalue weighted by atomic mass is 9.85. The van der Waals surface area contributed by atoms with E-state index in [1.807, 2.05) is 0 Å². The minimum Gasteiger partial charge on any atom is -0.383 e. The van der Waals surface area contributed by atoms with Gasteiger partial charge in [0.15, 0.2) is 0 Å². The first kappa shape index (κ1) is 13.3. The molecule has 1 aliphatic heterocycles. The van der Waals surface area contributed by atoms with Gasteiger partial charge in [0.1, 0.15) is 12.1 Å². The largest absolute Gasteiger partial charge is 0.383 e. The Morgan fingerprint density at radius 1 is 1.11 bits per heavy atom. The third kappa shape index (κ3) is 2.66. The van der Waals surface area contributed by atoms with E-state index >= 15 is 0 Å². The third-order valence-electron chi connectivity index (χ3n) is 4.21. The molecule has 102 valence electrons. The maximum atomic E-state index is 12.2. The van der Waals surface area contributed by atoms with Crippen molar-refractivity contribution >= 4 is 11.8 Å². The topological polar surface area (TPSA) is 83.6 Å². The molecule has 0 spiro atoms. The van der Waals surface area contributed by atoms with Crippen LogP contribution < -0.4 is 5.73 Å². The van der Waals surface area contributed by atoms with Crippen LogP contribution in [0.15, 0.2) is 0 Å². The molecular formula is C13H22N2O3. The summed E-state index contributed by atoms with van der Waals surface area (Å²) in [6.07, 6.45) is 5.61. The summed E-state index contributed by atoms with van der Waals surface area (Å²) in [5, 5.41) is 10.2. The maximum Gasteiger partial charge on any atom is 0.252 e. The molecule has 3 N–H and O–H groups in total. The number of hydrogen-bond donors (Lipinski definition) is 2. The van der Waals surface area contributed by atoms with Crippen molar-refractivity contribution in [1.82, 2.24) is 4.90 Å². The minimum atomic E-state index is -0.953. The number of carbonyl (C=O) groups excluding carboxylic acids is 2. The quantitative estimate of drug-likeness (QED) is 0.765. The smallest absolute Gasteiger partial charge is 0.252 e. The van der Waals surface area contributed by atoms with Crippen LogP contribution in [0.1, 0.15) is 44.9 Å². The van der Waals surface area contributed by atoms with Crippen LogP contribution in [0.25, 0.3) is 0 Å². The predicted octanol–water partition coefficient (Wildman–Crippen LogP) is 0.404. The highest BCUT2D eigenvalue weighted by Crippen LogP contribution is 2.28. The molecule has 1 saturated heterocycles. The van der Waals surface area contributed by atoms with Gasteiger partial charge in [-0.05, 0) is 31.6 Å². The van der Waals surface area contributed by atoms with Gasteiger partial charge >= 0.3 is 0 Å². The number of aliphatic hydroxyl groups is 1. The Morgan fingerprint density at radius 3 is 2.39 bits per heavy atom. The van der Waals surface area contributed by atoms with E-state index in [1.165, 1.54) is 11.3 Å². The zero-order chi connectivity index (χ0) is 13.1. The standard InChI is InChI=1S/C13H22N2O3/c14-12(17)10-7-4-8-15(10)13(18)11(16)9-5-2-1-3-6-9/h9-11,16H,1-8H2,(H2,14,17)/t10-,11-/m0/s1. The van der Waals surface area contributed by atoms with Crippen molar-refractivity contribution in [1.29, 1.82) is 0 Å². The molecule has 0 aromatic heterocycles. The summed E-state index contributed by atoms with van der Waals surface area (Å²) in [5.74, 6) is -0.708.